The van der Waals surface area contributed by atoms with Crippen molar-refractivity contribution in [3.63, 3.8) is 0 Å². The molecule has 0 aromatic heterocycles. The zero-order chi connectivity index (χ0) is 14.7. The van der Waals surface area contributed by atoms with Gasteiger partial charge in [-0.2, -0.15) is 0 Å². The topological polar surface area (TPSA) is 49.3 Å². The van der Waals surface area contributed by atoms with Crippen LogP contribution in [-0.2, 0) is 4.79 Å². The predicted molar refractivity (Wildman–Crippen MR) is 71.3 cm³/mol. The van der Waals surface area contributed by atoms with Gasteiger partial charge in [-0.1, -0.05) is 0 Å². The Kier molecular flexibility index (Phi) is 4.70. The summed E-state index contributed by atoms with van der Waals surface area (Å²) < 4.78 is 26.3. The Morgan fingerprint density at radius 3 is 2.25 bits per heavy atom. The van der Waals surface area contributed by atoms with E-state index in [1.807, 2.05) is 6.92 Å². The van der Waals surface area contributed by atoms with E-state index < -0.39 is 17.6 Å². The summed E-state index contributed by atoms with van der Waals surface area (Å²) in [6.45, 7) is 1.86. The summed E-state index contributed by atoms with van der Waals surface area (Å²) in [4.78, 5) is 10.9. The first kappa shape index (κ1) is 14.9. The van der Waals surface area contributed by atoms with Crippen molar-refractivity contribution < 1.29 is 18.7 Å². The molecular formula is C15H19F2NO2. The minimum Gasteiger partial charge on any atom is -0.481 e. The maximum absolute atomic E-state index is 13.2. The van der Waals surface area contributed by atoms with Crippen molar-refractivity contribution in [2.75, 3.05) is 0 Å². The summed E-state index contributed by atoms with van der Waals surface area (Å²) >= 11 is 0. The summed E-state index contributed by atoms with van der Waals surface area (Å²) in [6.07, 6.45) is 2.85. The second-order valence-corrected chi connectivity index (χ2v) is 5.48. The molecule has 0 bridgehead atoms. The van der Waals surface area contributed by atoms with E-state index in [1.165, 1.54) is 12.1 Å². The SMILES string of the molecule is CC(NC1CCC(C(=O)O)CC1)c1cc(F)cc(F)c1. The molecule has 0 spiro atoms. The maximum atomic E-state index is 13.2. The Bertz CT molecular complexity index is 465. The fourth-order valence-corrected chi connectivity index (χ4v) is 2.78. The molecule has 0 radical (unpaired) electrons. The summed E-state index contributed by atoms with van der Waals surface area (Å²) in [6, 6.07) is 3.54. The minimum atomic E-state index is -0.733. The molecule has 1 aliphatic rings. The minimum absolute atomic E-state index is 0.161. The molecule has 0 amide bonds. The van der Waals surface area contributed by atoms with E-state index >= 15 is 0 Å². The highest BCUT2D eigenvalue weighted by atomic mass is 19.1. The number of benzene rings is 1. The van der Waals surface area contributed by atoms with Gasteiger partial charge in [-0.25, -0.2) is 8.78 Å². The van der Waals surface area contributed by atoms with Gasteiger partial charge in [0.15, 0.2) is 0 Å². The largest absolute Gasteiger partial charge is 0.481 e. The lowest BCUT2D eigenvalue weighted by Crippen LogP contribution is -2.36. The zero-order valence-corrected chi connectivity index (χ0v) is 11.4. The summed E-state index contributed by atoms with van der Waals surface area (Å²) in [7, 11) is 0. The number of rotatable bonds is 4. The van der Waals surface area contributed by atoms with E-state index in [9.17, 15) is 13.6 Å². The van der Waals surface area contributed by atoms with Crippen LogP contribution in [0.15, 0.2) is 18.2 Å². The molecule has 2 rings (SSSR count). The highest BCUT2D eigenvalue weighted by Gasteiger charge is 2.26. The van der Waals surface area contributed by atoms with Gasteiger partial charge in [0, 0.05) is 18.2 Å². The average molecular weight is 283 g/mol. The van der Waals surface area contributed by atoms with Gasteiger partial charge in [-0.15, -0.1) is 0 Å². The number of carbonyl (C=O) groups is 1. The fraction of sp³-hybridized carbons (Fsp3) is 0.533. The van der Waals surface area contributed by atoms with E-state index in [1.54, 1.807) is 0 Å². The molecule has 1 aromatic rings. The highest BCUT2D eigenvalue weighted by molar-refractivity contribution is 5.70. The molecule has 1 saturated carbocycles. The van der Waals surface area contributed by atoms with Crippen molar-refractivity contribution in [2.45, 2.75) is 44.7 Å². The fourth-order valence-electron chi connectivity index (χ4n) is 2.78. The van der Waals surface area contributed by atoms with Crippen LogP contribution in [0.2, 0.25) is 0 Å². The van der Waals surface area contributed by atoms with Gasteiger partial charge in [-0.05, 0) is 50.3 Å². The van der Waals surface area contributed by atoms with Crippen molar-refractivity contribution in [2.24, 2.45) is 5.92 Å². The molecule has 2 N–H and O–H groups in total. The van der Waals surface area contributed by atoms with E-state index in [2.05, 4.69) is 5.32 Å². The van der Waals surface area contributed by atoms with Crippen LogP contribution in [0.1, 0.15) is 44.2 Å². The van der Waals surface area contributed by atoms with E-state index in [0.29, 0.717) is 18.4 Å². The average Bonchev–Trinajstić information content (AvgIpc) is 2.38. The number of halogens is 2. The Morgan fingerprint density at radius 1 is 1.20 bits per heavy atom. The van der Waals surface area contributed by atoms with Gasteiger partial charge < -0.3 is 10.4 Å². The van der Waals surface area contributed by atoms with Crippen molar-refractivity contribution in [3.05, 3.63) is 35.4 Å². The van der Waals surface area contributed by atoms with Crippen LogP contribution in [0, 0.1) is 17.6 Å². The molecule has 1 aromatic carbocycles. The molecule has 0 aliphatic heterocycles. The highest BCUT2D eigenvalue weighted by Crippen LogP contribution is 2.26. The van der Waals surface area contributed by atoms with Crippen molar-refractivity contribution in [3.8, 4) is 0 Å². The van der Waals surface area contributed by atoms with E-state index in [0.717, 1.165) is 18.9 Å². The van der Waals surface area contributed by atoms with Gasteiger partial charge in [0.05, 0.1) is 5.92 Å². The molecule has 20 heavy (non-hydrogen) atoms. The monoisotopic (exact) mass is 283 g/mol. The lowest BCUT2D eigenvalue weighted by atomic mass is 9.85. The molecule has 0 heterocycles. The molecule has 1 aliphatic carbocycles. The lowest BCUT2D eigenvalue weighted by Gasteiger charge is -2.29. The number of hydrogen-bond donors (Lipinski definition) is 2. The summed E-state index contributed by atoms with van der Waals surface area (Å²) in [5.74, 6) is -2.15. The van der Waals surface area contributed by atoms with Crippen molar-refractivity contribution in [1.29, 1.82) is 0 Å². The molecular weight excluding hydrogens is 264 g/mol. The van der Waals surface area contributed by atoms with Gasteiger partial charge in [0.25, 0.3) is 0 Å². The van der Waals surface area contributed by atoms with Crippen molar-refractivity contribution in [1.82, 2.24) is 5.32 Å². The van der Waals surface area contributed by atoms with Crippen LogP contribution in [0.5, 0.6) is 0 Å². The summed E-state index contributed by atoms with van der Waals surface area (Å²) in [5, 5.41) is 12.3. The predicted octanol–water partition coefficient (Wildman–Crippen LogP) is 3.26. The van der Waals surface area contributed by atoms with Crippen LogP contribution in [0.3, 0.4) is 0 Å². The van der Waals surface area contributed by atoms with Gasteiger partial charge in [-0.3, -0.25) is 4.79 Å². The smallest absolute Gasteiger partial charge is 0.306 e. The Balaban J connectivity index is 1.92. The number of carboxylic acid groups (broad SMARTS) is 1. The third-order valence-electron chi connectivity index (χ3n) is 3.95. The third-order valence-corrected chi connectivity index (χ3v) is 3.95. The van der Waals surface area contributed by atoms with Crippen molar-refractivity contribution >= 4 is 5.97 Å². The van der Waals surface area contributed by atoms with Crippen LogP contribution in [-0.4, -0.2) is 17.1 Å². The third kappa shape index (κ3) is 3.76. The molecule has 1 fully saturated rings. The molecule has 3 nitrogen and oxygen atoms in total. The summed E-state index contributed by atoms with van der Waals surface area (Å²) in [5.41, 5.74) is 0.572. The lowest BCUT2D eigenvalue weighted by molar-refractivity contribution is -0.142. The first-order valence-corrected chi connectivity index (χ1v) is 6.90. The van der Waals surface area contributed by atoms with E-state index in [-0.39, 0.29) is 18.0 Å². The number of hydrogen-bond acceptors (Lipinski definition) is 2. The first-order chi connectivity index (χ1) is 9.45. The maximum Gasteiger partial charge on any atom is 0.306 e. The second kappa shape index (κ2) is 6.31. The Hall–Kier alpha value is -1.49. The quantitative estimate of drug-likeness (QED) is 0.891. The van der Waals surface area contributed by atoms with Crippen LogP contribution >= 0.6 is 0 Å². The standard InChI is InChI=1S/C15H19F2NO2/c1-9(11-6-12(16)8-13(17)7-11)18-14-4-2-10(3-5-14)15(19)20/h6-10,14,18H,2-5H2,1H3,(H,19,20). The molecule has 1 atom stereocenters. The number of carboxylic acids is 1. The van der Waals surface area contributed by atoms with Crippen LogP contribution in [0.4, 0.5) is 8.78 Å². The van der Waals surface area contributed by atoms with Crippen LogP contribution in [0.25, 0.3) is 0 Å². The normalized spacial score (nSPS) is 24.4. The molecule has 1 unspecified atom stereocenters. The van der Waals surface area contributed by atoms with Gasteiger partial charge >= 0.3 is 5.97 Å². The second-order valence-electron chi connectivity index (χ2n) is 5.48. The first-order valence-electron chi connectivity index (χ1n) is 6.90. The number of aliphatic carboxylic acids is 1. The molecule has 0 saturated heterocycles. The Morgan fingerprint density at radius 2 is 1.75 bits per heavy atom. The Labute approximate surface area is 117 Å². The van der Waals surface area contributed by atoms with Gasteiger partial charge in [0.2, 0.25) is 0 Å². The molecule has 5 heteroatoms. The van der Waals surface area contributed by atoms with E-state index in [4.69, 9.17) is 5.11 Å². The molecule has 110 valence electrons. The van der Waals surface area contributed by atoms with Gasteiger partial charge in [0.1, 0.15) is 11.6 Å². The number of nitrogens with one attached hydrogen (secondary N) is 1. The van der Waals surface area contributed by atoms with Crippen LogP contribution < -0.4 is 5.32 Å². The zero-order valence-electron chi connectivity index (χ0n) is 11.4.